The molecule has 1 unspecified atom stereocenters. The van der Waals surface area contributed by atoms with Gasteiger partial charge in [-0.3, -0.25) is 14.1 Å². The Balaban J connectivity index is 1.66. The van der Waals surface area contributed by atoms with Crippen molar-refractivity contribution < 1.29 is 0 Å². The number of hydrogen-bond acceptors (Lipinski definition) is 3. The van der Waals surface area contributed by atoms with Gasteiger partial charge in [0.1, 0.15) is 5.65 Å². The van der Waals surface area contributed by atoms with Gasteiger partial charge in [0.15, 0.2) is 0 Å². The third-order valence-corrected chi connectivity index (χ3v) is 5.38. The van der Waals surface area contributed by atoms with Crippen LogP contribution in [0.15, 0.2) is 53.5 Å². The first-order chi connectivity index (χ1) is 12.6. The van der Waals surface area contributed by atoms with Crippen molar-refractivity contribution in [1.82, 2.24) is 14.3 Å². The van der Waals surface area contributed by atoms with E-state index >= 15 is 0 Å². The molecule has 26 heavy (non-hydrogen) atoms. The molecule has 4 rings (SSSR count). The number of pyridine rings is 1. The van der Waals surface area contributed by atoms with Crippen LogP contribution in [-0.2, 0) is 6.54 Å². The Labute approximate surface area is 154 Å². The van der Waals surface area contributed by atoms with E-state index in [4.69, 9.17) is 4.98 Å². The second-order valence-electron chi connectivity index (χ2n) is 7.36. The van der Waals surface area contributed by atoms with Crippen molar-refractivity contribution >= 4 is 5.65 Å². The predicted molar refractivity (Wildman–Crippen MR) is 104 cm³/mol. The van der Waals surface area contributed by atoms with Crippen molar-refractivity contribution in [1.29, 1.82) is 0 Å². The van der Waals surface area contributed by atoms with E-state index in [-0.39, 0.29) is 5.56 Å². The van der Waals surface area contributed by atoms with Crippen LogP contribution in [0.5, 0.6) is 0 Å². The van der Waals surface area contributed by atoms with Gasteiger partial charge in [0.05, 0.1) is 5.69 Å². The molecule has 3 aromatic rings. The van der Waals surface area contributed by atoms with E-state index in [0.717, 1.165) is 36.4 Å². The predicted octanol–water partition coefficient (Wildman–Crippen LogP) is 4.04. The molecule has 1 aliphatic rings. The van der Waals surface area contributed by atoms with Gasteiger partial charge < -0.3 is 0 Å². The van der Waals surface area contributed by atoms with Gasteiger partial charge in [-0.25, -0.2) is 4.98 Å². The van der Waals surface area contributed by atoms with Gasteiger partial charge >= 0.3 is 0 Å². The van der Waals surface area contributed by atoms with Gasteiger partial charge in [-0.05, 0) is 50.4 Å². The highest BCUT2D eigenvalue weighted by molar-refractivity contribution is 5.46. The van der Waals surface area contributed by atoms with Crippen LogP contribution in [0.4, 0.5) is 0 Å². The number of aromatic nitrogens is 2. The highest BCUT2D eigenvalue weighted by Crippen LogP contribution is 2.32. The van der Waals surface area contributed by atoms with Crippen molar-refractivity contribution in [2.45, 2.75) is 45.7 Å². The second-order valence-corrected chi connectivity index (χ2v) is 7.36. The number of nitrogens with zero attached hydrogens (tertiary/aromatic N) is 3. The lowest BCUT2D eigenvalue weighted by Gasteiger charge is -2.36. The number of piperidine rings is 1. The Morgan fingerprint density at radius 2 is 1.92 bits per heavy atom. The first kappa shape index (κ1) is 17.0. The molecule has 1 aliphatic heterocycles. The van der Waals surface area contributed by atoms with E-state index in [1.165, 1.54) is 24.0 Å². The largest absolute Gasteiger partial charge is 0.291 e. The SMILES string of the molecule is Cc1ccc(C2CCCCN2Cc2cc(=O)n3cccc(C)c3n2)cc1. The minimum absolute atomic E-state index is 0.00223. The summed E-state index contributed by atoms with van der Waals surface area (Å²) >= 11 is 0. The maximum atomic E-state index is 12.5. The molecule has 0 spiro atoms. The van der Waals surface area contributed by atoms with Crippen molar-refractivity contribution in [3.63, 3.8) is 0 Å². The summed E-state index contributed by atoms with van der Waals surface area (Å²) in [5, 5.41) is 0. The Morgan fingerprint density at radius 3 is 2.73 bits per heavy atom. The van der Waals surface area contributed by atoms with E-state index in [0.29, 0.717) is 6.04 Å². The van der Waals surface area contributed by atoms with Crippen molar-refractivity contribution in [2.24, 2.45) is 0 Å². The fraction of sp³-hybridized carbons (Fsp3) is 0.364. The molecule has 0 aliphatic carbocycles. The normalized spacial score (nSPS) is 18.3. The molecule has 1 fully saturated rings. The highest BCUT2D eigenvalue weighted by atomic mass is 16.1. The third kappa shape index (κ3) is 3.29. The van der Waals surface area contributed by atoms with Crippen LogP contribution in [0.1, 0.15) is 47.7 Å². The monoisotopic (exact) mass is 347 g/mol. The van der Waals surface area contributed by atoms with E-state index in [1.807, 2.05) is 19.1 Å². The molecule has 0 saturated carbocycles. The van der Waals surface area contributed by atoms with Gasteiger partial charge in [-0.2, -0.15) is 0 Å². The maximum absolute atomic E-state index is 12.5. The summed E-state index contributed by atoms with van der Waals surface area (Å²) in [7, 11) is 0. The van der Waals surface area contributed by atoms with Crippen molar-refractivity contribution in [2.75, 3.05) is 6.54 Å². The molecule has 2 aromatic heterocycles. The minimum Gasteiger partial charge on any atom is -0.291 e. The Kier molecular flexibility index (Phi) is 4.60. The zero-order valence-electron chi connectivity index (χ0n) is 15.5. The first-order valence-corrected chi connectivity index (χ1v) is 9.40. The molecular formula is C22H25N3O. The maximum Gasteiger partial charge on any atom is 0.258 e. The number of fused-ring (bicyclic) bond motifs is 1. The Morgan fingerprint density at radius 1 is 1.12 bits per heavy atom. The lowest BCUT2D eigenvalue weighted by molar-refractivity contribution is 0.139. The molecular weight excluding hydrogens is 322 g/mol. The zero-order valence-corrected chi connectivity index (χ0v) is 15.5. The topological polar surface area (TPSA) is 37.6 Å². The summed E-state index contributed by atoms with van der Waals surface area (Å²) in [5.41, 5.74) is 5.31. The van der Waals surface area contributed by atoms with Gasteiger partial charge in [-0.15, -0.1) is 0 Å². The molecule has 1 saturated heterocycles. The average Bonchev–Trinajstić information content (AvgIpc) is 2.64. The summed E-state index contributed by atoms with van der Waals surface area (Å²) in [5.74, 6) is 0. The van der Waals surface area contributed by atoms with Crippen LogP contribution in [0.2, 0.25) is 0 Å². The molecule has 0 N–H and O–H groups in total. The number of likely N-dealkylation sites (tertiary alicyclic amines) is 1. The highest BCUT2D eigenvalue weighted by Gasteiger charge is 2.24. The van der Waals surface area contributed by atoms with Crippen LogP contribution < -0.4 is 5.56 Å². The molecule has 1 atom stereocenters. The quantitative estimate of drug-likeness (QED) is 0.718. The fourth-order valence-electron chi connectivity index (χ4n) is 3.94. The lowest BCUT2D eigenvalue weighted by atomic mass is 9.94. The van der Waals surface area contributed by atoms with Gasteiger partial charge in [0, 0.05) is 24.8 Å². The molecule has 0 bridgehead atoms. The Hall–Kier alpha value is -2.46. The third-order valence-electron chi connectivity index (χ3n) is 5.38. The molecule has 0 amide bonds. The molecule has 0 radical (unpaired) electrons. The van der Waals surface area contributed by atoms with Crippen LogP contribution in [0, 0.1) is 13.8 Å². The fourth-order valence-corrected chi connectivity index (χ4v) is 3.94. The number of benzene rings is 1. The molecule has 134 valence electrons. The van der Waals surface area contributed by atoms with Crippen molar-refractivity contribution in [3.8, 4) is 0 Å². The molecule has 4 heteroatoms. The summed E-state index contributed by atoms with van der Waals surface area (Å²) in [6.45, 7) is 5.89. The average molecular weight is 347 g/mol. The number of aryl methyl sites for hydroxylation is 2. The number of hydrogen-bond donors (Lipinski definition) is 0. The van der Waals surface area contributed by atoms with Crippen LogP contribution in [0.3, 0.4) is 0 Å². The summed E-state index contributed by atoms with van der Waals surface area (Å²) < 4.78 is 1.63. The van der Waals surface area contributed by atoms with E-state index in [2.05, 4.69) is 36.1 Å². The van der Waals surface area contributed by atoms with Gasteiger partial charge in [0.25, 0.3) is 5.56 Å². The Bertz CT molecular complexity index is 975. The standard InChI is InChI=1S/C22H25N3O/c1-16-8-10-18(11-9-16)20-7-3-4-12-24(20)15-19-14-21(26)25-13-5-6-17(2)22(25)23-19/h5-6,8-11,13-14,20H,3-4,7,12,15H2,1-2H3. The molecule has 3 heterocycles. The minimum atomic E-state index is -0.00223. The lowest BCUT2D eigenvalue weighted by Crippen LogP contribution is -2.33. The first-order valence-electron chi connectivity index (χ1n) is 9.40. The van der Waals surface area contributed by atoms with Gasteiger partial charge in [0.2, 0.25) is 0 Å². The molecule has 1 aromatic carbocycles. The van der Waals surface area contributed by atoms with Crippen molar-refractivity contribution in [3.05, 3.63) is 81.4 Å². The smallest absolute Gasteiger partial charge is 0.258 e. The van der Waals surface area contributed by atoms with Crippen LogP contribution in [0.25, 0.3) is 5.65 Å². The van der Waals surface area contributed by atoms with E-state index in [1.54, 1.807) is 16.7 Å². The number of rotatable bonds is 3. The summed E-state index contributed by atoms with van der Waals surface area (Å²) in [4.78, 5) is 19.8. The van der Waals surface area contributed by atoms with Crippen LogP contribution in [-0.4, -0.2) is 20.8 Å². The molecule has 4 nitrogen and oxygen atoms in total. The second kappa shape index (κ2) is 7.04. The summed E-state index contributed by atoms with van der Waals surface area (Å²) in [6, 6.07) is 14.8. The summed E-state index contributed by atoms with van der Waals surface area (Å²) in [6.07, 6.45) is 5.40. The zero-order chi connectivity index (χ0) is 18.1. The van der Waals surface area contributed by atoms with E-state index in [9.17, 15) is 4.79 Å². The van der Waals surface area contributed by atoms with Gasteiger partial charge in [-0.1, -0.05) is 42.3 Å². The van der Waals surface area contributed by atoms with E-state index < -0.39 is 0 Å². The van der Waals surface area contributed by atoms with Crippen LogP contribution >= 0.6 is 0 Å².